The molecule has 1 aromatic carbocycles. The number of nitrogens with two attached hydrogens (primary N) is 1. The van der Waals surface area contributed by atoms with Gasteiger partial charge in [-0.1, -0.05) is 12.1 Å². The summed E-state index contributed by atoms with van der Waals surface area (Å²) < 4.78 is 5.47. The summed E-state index contributed by atoms with van der Waals surface area (Å²) in [4.78, 5) is 8.14. The molecule has 0 radical (unpaired) electrons. The summed E-state index contributed by atoms with van der Waals surface area (Å²) in [5.74, 6) is 0.418. The van der Waals surface area contributed by atoms with Gasteiger partial charge in [0.15, 0.2) is 0 Å². The number of aromatic nitrogens is 2. The molecule has 2 N–H and O–H groups in total. The number of fused-ring (bicyclic) bond motifs is 1. The van der Waals surface area contributed by atoms with Gasteiger partial charge in [-0.3, -0.25) is 0 Å². The lowest BCUT2D eigenvalue weighted by atomic mass is 9.99. The van der Waals surface area contributed by atoms with Crippen molar-refractivity contribution in [2.24, 2.45) is 0 Å². The maximum absolute atomic E-state index is 5.88. The Labute approximate surface area is 97.4 Å². The van der Waals surface area contributed by atoms with Gasteiger partial charge in [-0.05, 0) is 23.2 Å². The Morgan fingerprint density at radius 2 is 2.19 bits per heavy atom. The fourth-order valence-corrected chi connectivity index (χ4v) is 2.14. The standard InChI is InChI=1S/C11H10ClN3O/c12-11-14-7-3-1-2-6(8-4-5-16-8)9(7)10(13)15-11/h1-3,8H,4-5H2,(H2,13,14,15). The Morgan fingerprint density at radius 3 is 2.88 bits per heavy atom. The predicted molar refractivity (Wildman–Crippen MR) is 62.3 cm³/mol. The summed E-state index contributed by atoms with van der Waals surface area (Å²) in [6, 6.07) is 5.81. The molecular formula is C11H10ClN3O. The minimum absolute atomic E-state index is 0.121. The van der Waals surface area contributed by atoms with Crippen LogP contribution in [-0.4, -0.2) is 16.6 Å². The Bertz CT molecular complexity index is 554. The number of nitrogen functional groups attached to an aromatic ring is 1. The Morgan fingerprint density at radius 1 is 1.38 bits per heavy atom. The van der Waals surface area contributed by atoms with Crippen molar-refractivity contribution in [1.82, 2.24) is 9.97 Å². The number of ether oxygens (including phenoxy) is 1. The second-order valence-corrected chi connectivity index (χ2v) is 4.11. The Hall–Kier alpha value is -1.39. The van der Waals surface area contributed by atoms with E-state index in [-0.39, 0.29) is 11.4 Å². The number of nitrogens with zero attached hydrogens (tertiary/aromatic N) is 2. The lowest BCUT2D eigenvalue weighted by Gasteiger charge is -2.27. The highest BCUT2D eigenvalue weighted by Gasteiger charge is 2.23. The number of benzene rings is 1. The van der Waals surface area contributed by atoms with Gasteiger partial charge in [0.05, 0.1) is 18.2 Å². The van der Waals surface area contributed by atoms with E-state index >= 15 is 0 Å². The molecule has 2 aromatic rings. The minimum Gasteiger partial charge on any atom is -0.383 e. The summed E-state index contributed by atoms with van der Waals surface area (Å²) in [7, 11) is 0. The minimum atomic E-state index is 0.121. The first-order valence-corrected chi connectivity index (χ1v) is 5.47. The molecule has 1 saturated heterocycles. The largest absolute Gasteiger partial charge is 0.383 e. The maximum atomic E-state index is 5.88. The molecule has 4 nitrogen and oxygen atoms in total. The molecule has 1 aliphatic rings. The molecule has 3 rings (SSSR count). The first-order valence-electron chi connectivity index (χ1n) is 5.09. The summed E-state index contributed by atoms with van der Waals surface area (Å²) >= 11 is 5.77. The highest BCUT2D eigenvalue weighted by atomic mass is 35.5. The van der Waals surface area contributed by atoms with Crippen LogP contribution >= 0.6 is 11.6 Å². The molecule has 1 aliphatic heterocycles. The Kier molecular flexibility index (Phi) is 2.19. The number of halogens is 1. The smallest absolute Gasteiger partial charge is 0.224 e. The molecule has 5 heteroatoms. The molecule has 82 valence electrons. The van der Waals surface area contributed by atoms with Crippen LogP contribution in [0.15, 0.2) is 18.2 Å². The van der Waals surface area contributed by atoms with Crippen LogP contribution < -0.4 is 5.73 Å². The van der Waals surface area contributed by atoms with Crippen molar-refractivity contribution < 1.29 is 4.74 Å². The summed E-state index contributed by atoms with van der Waals surface area (Å²) in [5, 5.41) is 1.04. The third-order valence-corrected chi connectivity index (χ3v) is 2.97. The molecule has 0 bridgehead atoms. The molecule has 1 aromatic heterocycles. The van der Waals surface area contributed by atoms with E-state index in [0.29, 0.717) is 5.82 Å². The first-order chi connectivity index (χ1) is 7.75. The van der Waals surface area contributed by atoms with Crippen molar-refractivity contribution >= 4 is 28.3 Å². The molecule has 1 fully saturated rings. The SMILES string of the molecule is Nc1nc(Cl)nc2cccc(C3CCO3)c12. The molecule has 0 aliphatic carbocycles. The predicted octanol–water partition coefficient (Wildman–Crippen LogP) is 2.33. The normalized spacial score (nSPS) is 19.7. The molecule has 0 amide bonds. The van der Waals surface area contributed by atoms with E-state index in [1.165, 1.54) is 0 Å². The lowest BCUT2D eigenvalue weighted by Crippen LogP contribution is -2.19. The topological polar surface area (TPSA) is 61.0 Å². The first kappa shape index (κ1) is 9.81. The lowest BCUT2D eigenvalue weighted by molar-refractivity contribution is -0.0518. The molecule has 16 heavy (non-hydrogen) atoms. The van der Waals surface area contributed by atoms with Crippen LogP contribution in [0.5, 0.6) is 0 Å². The summed E-state index contributed by atoms with van der Waals surface area (Å²) in [6.45, 7) is 0.801. The molecule has 0 saturated carbocycles. The van der Waals surface area contributed by atoms with Crippen LogP contribution in [0.25, 0.3) is 10.9 Å². The number of anilines is 1. The van der Waals surface area contributed by atoms with E-state index in [1.807, 2.05) is 18.2 Å². The zero-order valence-electron chi connectivity index (χ0n) is 8.48. The van der Waals surface area contributed by atoms with Gasteiger partial charge in [-0.2, -0.15) is 0 Å². The summed E-state index contributed by atoms with van der Waals surface area (Å²) in [6.07, 6.45) is 1.14. The van der Waals surface area contributed by atoms with Crippen molar-refractivity contribution in [2.45, 2.75) is 12.5 Å². The average molecular weight is 236 g/mol. The molecular weight excluding hydrogens is 226 g/mol. The fraction of sp³-hybridized carbons (Fsp3) is 0.273. The van der Waals surface area contributed by atoms with Crippen molar-refractivity contribution in [3.05, 3.63) is 29.0 Å². The van der Waals surface area contributed by atoms with E-state index in [4.69, 9.17) is 22.1 Å². The van der Waals surface area contributed by atoms with Crippen molar-refractivity contribution in [1.29, 1.82) is 0 Å². The van der Waals surface area contributed by atoms with Gasteiger partial charge < -0.3 is 10.5 Å². The van der Waals surface area contributed by atoms with E-state index in [1.54, 1.807) is 0 Å². The number of rotatable bonds is 1. The highest BCUT2D eigenvalue weighted by molar-refractivity contribution is 6.28. The number of hydrogen-bond donors (Lipinski definition) is 1. The zero-order chi connectivity index (χ0) is 11.1. The van der Waals surface area contributed by atoms with Crippen LogP contribution in [0.3, 0.4) is 0 Å². The monoisotopic (exact) mass is 235 g/mol. The van der Waals surface area contributed by atoms with Gasteiger partial charge in [0.1, 0.15) is 5.82 Å². The van der Waals surface area contributed by atoms with Gasteiger partial charge in [-0.25, -0.2) is 9.97 Å². The molecule has 1 unspecified atom stereocenters. The van der Waals surface area contributed by atoms with Crippen molar-refractivity contribution in [2.75, 3.05) is 12.3 Å². The average Bonchev–Trinajstić information content (AvgIpc) is 2.13. The van der Waals surface area contributed by atoms with Crippen LogP contribution in [0.2, 0.25) is 5.28 Å². The summed E-state index contributed by atoms with van der Waals surface area (Å²) in [5.41, 5.74) is 7.71. The quantitative estimate of drug-likeness (QED) is 0.771. The maximum Gasteiger partial charge on any atom is 0.224 e. The molecule has 2 heterocycles. The molecule has 1 atom stereocenters. The van der Waals surface area contributed by atoms with E-state index < -0.39 is 0 Å². The highest BCUT2D eigenvalue weighted by Crippen LogP contribution is 2.35. The van der Waals surface area contributed by atoms with Crippen LogP contribution in [0.4, 0.5) is 5.82 Å². The van der Waals surface area contributed by atoms with Crippen molar-refractivity contribution in [3.63, 3.8) is 0 Å². The second kappa shape index (κ2) is 3.57. The van der Waals surface area contributed by atoms with Gasteiger partial charge >= 0.3 is 0 Å². The fourth-order valence-electron chi connectivity index (χ4n) is 1.96. The number of hydrogen-bond acceptors (Lipinski definition) is 4. The van der Waals surface area contributed by atoms with Crippen LogP contribution in [0, 0.1) is 0 Å². The van der Waals surface area contributed by atoms with Crippen LogP contribution in [-0.2, 0) is 4.74 Å². The molecule has 0 spiro atoms. The zero-order valence-corrected chi connectivity index (χ0v) is 9.24. The third kappa shape index (κ3) is 1.42. The Balaban J connectivity index is 2.28. The van der Waals surface area contributed by atoms with Crippen LogP contribution in [0.1, 0.15) is 18.1 Å². The second-order valence-electron chi connectivity index (χ2n) is 3.77. The van der Waals surface area contributed by atoms with E-state index in [9.17, 15) is 0 Å². The van der Waals surface area contributed by atoms with Gasteiger partial charge in [0.25, 0.3) is 0 Å². The van der Waals surface area contributed by atoms with Gasteiger partial charge in [-0.15, -0.1) is 0 Å². The third-order valence-electron chi connectivity index (χ3n) is 2.80. The van der Waals surface area contributed by atoms with E-state index in [0.717, 1.165) is 29.5 Å². The van der Waals surface area contributed by atoms with E-state index in [2.05, 4.69) is 9.97 Å². The van der Waals surface area contributed by atoms with Gasteiger partial charge in [0.2, 0.25) is 5.28 Å². The van der Waals surface area contributed by atoms with Gasteiger partial charge in [0, 0.05) is 11.8 Å². The van der Waals surface area contributed by atoms with Crippen molar-refractivity contribution in [3.8, 4) is 0 Å².